The molecule has 1 heterocycles. The molecule has 1 unspecified atom stereocenters. The molecule has 0 bridgehead atoms. The highest BCUT2D eigenvalue weighted by molar-refractivity contribution is 5.64. The zero-order chi connectivity index (χ0) is 8.10. The van der Waals surface area contributed by atoms with Gasteiger partial charge in [0, 0.05) is 12.3 Å². The summed E-state index contributed by atoms with van der Waals surface area (Å²) in [7, 11) is 1.51. The molecule has 1 saturated heterocycles. The number of rotatable bonds is 3. The van der Waals surface area contributed by atoms with Gasteiger partial charge in [0.15, 0.2) is 0 Å². The molecule has 0 aromatic heterocycles. The van der Waals surface area contributed by atoms with E-state index >= 15 is 0 Å². The van der Waals surface area contributed by atoms with Gasteiger partial charge in [-0.15, -0.1) is 4.91 Å². The van der Waals surface area contributed by atoms with Crippen LogP contribution in [0.5, 0.6) is 0 Å². The van der Waals surface area contributed by atoms with Crippen LogP contribution in [0.2, 0.25) is 0 Å². The van der Waals surface area contributed by atoms with Gasteiger partial charge >= 0.3 is 0 Å². The van der Waals surface area contributed by atoms with Gasteiger partial charge < -0.3 is 5.32 Å². The molecule has 0 radical (unpaired) electrons. The second-order valence-electron chi connectivity index (χ2n) is 2.54. The van der Waals surface area contributed by atoms with Crippen molar-refractivity contribution in [1.82, 2.24) is 10.4 Å². The van der Waals surface area contributed by atoms with Crippen LogP contribution >= 0.6 is 0 Å². The van der Waals surface area contributed by atoms with Gasteiger partial charge in [-0.05, 0) is 19.4 Å². The third-order valence-electron chi connectivity index (χ3n) is 1.63. The molecule has 0 aromatic carbocycles. The Kier molecular flexibility index (Phi) is 2.97. The molecule has 0 spiro atoms. The van der Waals surface area contributed by atoms with Crippen molar-refractivity contribution >= 4 is 6.21 Å². The molecule has 62 valence electrons. The summed E-state index contributed by atoms with van der Waals surface area (Å²) in [5.41, 5.74) is 0. The molecule has 5 heteroatoms. The van der Waals surface area contributed by atoms with E-state index in [-0.39, 0.29) is 0 Å². The Morgan fingerprint density at radius 2 is 2.55 bits per heavy atom. The van der Waals surface area contributed by atoms with Gasteiger partial charge in [0.1, 0.15) is 0 Å². The zero-order valence-corrected chi connectivity index (χ0v) is 6.53. The SMILES string of the molecule is CN(N=O)/N=C/C1CCCN1. The predicted octanol–water partition coefficient (Wildman–Crippen LogP) is 0.337. The highest BCUT2D eigenvalue weighted by Gasteiger charge is 2.10. The molecule has 11 heavy (non-hydrogen) atoms. The lowest BCUT2D eigenvalue weighted by molar-refractivity contribution is 0.372. The molecule has 5 nitrogen and oxygen atoms in total. The lowest BCUT2D eigenvalue weighted by atomic mass is 10.2. The fraction of sp³-hybridized carbons (Fsp3) is 0.833. The van der Waals surface area contributed by atoms with Gasteiger partial charge in [0.25, 0.3) is 0 Å². The third kappa shape index (κ3) is 2.63. The van der Waals surface area contributed by atoms with Crippen molar-refractivity contribution in [2.75, 3.05) is 13.6 Å². The highest BCUT2D eigenvalue weighted by atomic mass is 16.3. The van der Waals surface area contributed by atoms with Gasteiger partial charge in [-0.3, -0.25) is 0 Å². The molecule has 0 aromatic rings. The fourth-order valence-electron chi connectivity index (χ4n) is 1.04. The Morgan fingerprint density at radius 1 is 1.73 bits per heavy atom. The molecule has 1 N–H and O–H groups in total. The smallest absolute Gasteiger partial charge is 0.0747 e. The van der Waals surface area contributed by atoms with Crippen molar-refractivity contribution in [3.05, 3.63) is 4.91 Å². The Hall–Kier alpha value is -0.970. The van der Waals surface area contributed by atoms with E-state index in [9.17, 15) is 4.91 Å². The summed E-state index contributed by atoms with van der Waals surface area (Å²) in [6.07, 6.45) is 3.99. The molecule has 1 aliphatic heterocycles. The van der Waals surface area contributed by atoms with E-state index in [1.54, 1.807) is 6.21 Å². The number of hydrazone groups is 1. The Morgan fingerprint density at radius 3 is 3.09 bits per heavy atom. The van der Waals surface area contributed by atoms with Crippen LogP contribution in [-0.2, 0) is 0 Å². The van der Waals surface area contributed by atoms with Crippen LogP contribution in [0.4, 0.5) is 0 Å². The van der Waals surface area contributed by atoms with Gasteiger partial charge in [-0.2, -0.15) is 10.2 Å². The van der Waals surface area contributed by atoms with Gasteiger partial charge in [0.2, 0.25) is 0 Å². The predicted molar refractivity (Wildman–Crippen MR) is 43.1 cm³/mol. The van der Waals surface area contributed by atoms with Gasteiger partial charge in [-0.25, -0.2) is 0 Å². The highest BCUT2D eigenvalue weighted by Crippen LogP contribution is 2.02. The molecule has 1 rings (SSSR count). The van der Waals surface area contributed by atoms with Crippen LogP contribution in [0.1, 0.15) is 12.8 Å². The summed E-state index contributed by atoms with van der Waals surface area (Å²) in [5.74, 6) is 0. The van der Waals surface area contributed by atoms with Crippen LogP contribution < -0.4 is 5.32 Å². The van der Waals surface area contributed by atoms with Crippen LogP contribution in [0.15, 0.2) is 10.4 Å². The molecule has 0 amide bonds. The average molecular weight is 156 g/mol. The molecule has 0 saturated carbocycles. The monoisotopic (exact) mass is 156 g/mol. The lowest BCUT2D eigenvalue weighted by Gasteiger charge is -2.03. The number of nitrogens with zero attached hydrogens (tertiary/aromatic N) is 3. The standard InChI is InChI=1S/C6H12N4O/c1-10(9-11)8-5-6-3-2-4-7-6/h5-7H,2-4H2,1H3/b8-5+. The van der Waals surface area contributed by atoms with E-state index in [1.165, 1.54) is 13.5 Å². The summed E-state index contributed by atoms with van der Waals surface area (Å²) in [6, 6.07) is 0.319. The maximum Gasteiger partial charge on any atom is 0.0747 e. The van der Waals surface area contributed by atoms with Crippen molar-refractivity contribution in [1.29, 1.82) is 0 Å². The van der Waals surface area contributed by atoms with E-state index in [0.29, 0.717) is 6.04 Å². The number of nitroso groups, excluding NO2 is 1. The minimum absolute atomic E-state index is 0.319. The molecule has 1 atom stereocenters. The largest absolute Gasteiger partial charge is 0.309 e. The van der Waals surface area contributed by atoms with E-state index in [1.807, 2.05) is 0 Å². The van der Waals surface area contributed by atoms with Crippen LogP contribution in [-0.4, -0.2) is 31.0 Å². The lowest BCUT2D eigenvalue weighted by Crippen LogP contribution is -2.23. The van der Waals surface area contributed by atoms with Crippen LogP contribution in [0.3, 0.4) is 0 Å². The first-order valence-corrected chi connectivity index (χ1v) is 3.67. The summed E-state index contributed by atoms with van der Waals surface area (Å²) in [4.78, 5) is 9.85. The van der Waals surface area contributed by atoms with Gasteiger partial charge in [-0.1, -0.05) is 0 Å². The normalized spacial score (nSPS) is 24.3. The Bertz CT molecular complexity index is 153. The molecule has 1 aliphatic rings. The molecule has 0 aliphatic carbocycles. The summed E-state index contributed by atoms with van der Waals surface area (Å²) >= 11 is 0. The number of hydrogen-bond donors (Lipinski definition) is 1. The third-order valence-corrected chi connectivity index (χ3v) is 1.63. The number of nitrogens with one attached hydrogen (secondary N) is 1. The van der Waals surface area contributed by atoms with Crippen molar-refractivity contribution in [2.24, 2.45) is 10.4 Å². The summed E-state index contributed by atoms with van der Waals surface area (Å²) in [6.45, 7) is 1.04. The number of hydrogen-bond acceptors (Lipinski definition) is 4. The van der Waals surface area contributed by atoms with E-state index in [2.05, 4.69) is 15.7 Å². The molecular weight excluding hydrogens is 144 g/mol. The average Bonchev–Trinajstić information content (AvgIpc) is 2.52. The van der Waals surface area contributed by atoms with Crippen molar-refractivity contribution in [3.63, 3.8) is 0 Å². The minimum Gasteiger partial charge on any atom is -0.309 e. The van der Waals surface area contributed by atoms with E-state index in [4.69, 9.17) is 0 Å². The second kappa shape index (κ2) is 4.02. The summed E-state index contributed by atoms with van der Waals surface area (Å²) in [5, 5.41) is 10.6. The quantitative estimate of drug-likeness (QED) is 0.364. The topological polar surface area (TPSA) is 57.1 Å². The first kappa shape index (κ1) is 8.13. The molecule has 1 fully saturated rings. The molecular formula is C6H12N4O. The van der Waals surface area contributed by atoms with Crippen LogP contribution in [0, 0.1) is 4.91 Å². The Labute approximate surface area is 65.4 Å². The van der Waals surface area contributed by atoms with E-state index in [0.717, 1.165) is 18.1 Å². The Balaban J connectivity index is 2.27. The van der Waals surface area contributed by atoms with Crippen molar-refractivity contribution in [3.8, 4) is 0 Å². The van der Waals surface area contributed by atoms with Crippen molar-refractivity contribution in [2.45, 2.75) is 18.9 Å². The van der Waals surface area contributed by atoms with Crippen LogP contribution in [0.25, 0.3) is 0 Å². The fourth-order valence-corrected chi connectivity index (χ4v) is 1.04. The van der Waals surface area contributed by atoms with E-state index < -0.39 is 0 Å². The maximum atomic E-state index is 9.85. The first-order valence-electron chi connectivity index (χ1n) is 3.67. The zero-order valence-electron chi connectivity index (χ0n) is 6.53. The minimum atomic E-state index is 0.319. The first-order chi connectivity index (χ1) is 5.33. The maximum absolute atomic E-state index is 9.85. The summed E-state index contributed by atoms with van der Waals surface area (Å²) < 4.78 is 0. The second-order valence-corrected chi connectivity index (χ2v) is 2.54. The van der Waals surface area contributed by atoms with Crippen molar-refractivity contribution < 1.29 is 0 Å². The van der Waals surface area contributed by atoms with Gasteiger partial charge in [0.05, 0.1) is 12.3 Å².